The number of amides is 2. The average molecular weight is 409 g/mol. The molecule has 3 aromatic rings. The van der Waals surface area contributed by atoms with Crippen LogP contribution in [0.2, 0.25) is 0 Å². The number of benzene rings is 2. The molecular formula is C23H27N3O4. The number of hydrogen-bond acceptors (Lipinski definition) is 5. The minimum Gasteiger partial charge on any atom is -0.495 e. The van der Waals surface area contributed by atoms with Gasteiger partial charge in [0.15, 0.2) is 0 Å². The highest BCUT2D eigenvalue weighted by Crippen LogP contribution is 2.36. The van der Waals surface area contributed by atoms with Gasteiger partial charge in [-0.15, -0.1) is 0 Å². The Labute approximate surface area is 175 Å². The number of furan rings is 1. The summed E-state index contributed by atoms with van der Waals surface area (Å²) in [4.78, 5) is 25.9. The van der Waals surface area contributed by atoms with Crippen LogP contribution in [-0.2, 0) is 9.59 Å². The third-order valence-electron chi connectivity index (χ3n) is 5.69. The summed E-state index contributed by atoms with van der Waals surface area (Å²) < 4.78 is 11.4. The molecule has 0 unspecified atom stereocenters. The predicted molar refractivity (Wildman–Crippen MR) is 117 cm³/mol. The van der Waals surface area contributed by atoms with Crippen LogP contribution >= 0.6 is 0 Å². The molecule has 1 aliphatic rings. The zero-order valence-corrected chi connectivity index (χ0v) is 17.4. The van der Waals surface area contributed by atoms with Gasteiger partial charge in [0, 0.05) is 30.3 Å². The number of para-hydroxylation sites is 1. The SMILES string of the molecule is COc1cc2c(cc1NC(=O)CN1CCC(CNC(C)=O)CC1)oc1ccccc12. The molecule has 0 aliphatic carbocycles. The van der Waals surface area contributed by atoms with E-state index >= 15 is 0 Å². The van der Waals surface area contributed by atoms with Crippen molar-refractivity contribution in [2.75, 3.05) is 38.6 Å². The number of carbonyl (C=O) groups excluding carboxylic acids is 2. The molecule has 0 atom stereocenters. The van der Waals surface area contributed by atoms with Crippen LogP contribution in [0, 0.1) is 5.92 Å². The fourth-order valence-electron chi connectivity index (χ4n) is 4.05. The van der Waals surface area contributed by atoms with E-state index in [1.165, 1.54) is 6.92 Å². The van der Waals surface area contributed by atoms with Gasteiger partial charge in [-0.1, -0.05) is 18.2 Å². The maximum Gasteiger partial charge on any atom is 0.238 e. The number of fused-ring (bicyclic) bond motifs is 3. The van der Waals surface area contributed by atoms with Crippen LogP contribution < -0.4 is 15.4 Å². The lowest BCUT2D eigenvalue weighted by Gasteiger charge is -2.31. The van der Waals surface area contributed by atoms with Crippen LogP contribution in [0.5, 0.6) is 5.75 Å². The van der Waals surface area contributed by atoms with Gasteiger partial charge in [-0.3, -0.25) is 14.5 Å². The number of nitrogens with one attached hydrogen (secondary N) is 2. The van der Waals surface area contributed by atoms with E-state index in [4.69, 9.17) is 9.15 Å². The van der Waals surface area contributed by atoms with Crippen molar-refractivity contribution < 1.29 is 18.7 Å². The lowest BCUT2D eigenvalue weighted by molar-refractivity contribution is -0.119. The van der Waals surface area contributed by atoms with Gasteiger partial charge in [0.1, 0.15) is 16.9 Å². The molecule has 2 N–H and O–H groups in total. The van der Waals surface area contributed by atoms with Crippen LogP contribution in [0.4, 0.5) is 5.69 Å². The van der Waals surface area contributed by atoms with Crippen molar-refractivity contribution in [2.24, 2.45) is 5.92 Å². The summed E-state index contributed by atoms with van der Waals surface area (Å²) in [7, 11) is 1.60. The Hall–Kier alpha value is -3.06. The van der Waals surface area contributed by atoms with Crippen LogP contribution in [0.15, 0.2) is 40.8 Å². The molecule has 4 rings (SSSR count). The van der Waals surface area contributed by atoms with Crippen LogP contribution in [-0.4, -0.2) is 50.0 Å². The molecule has 7 nitrogen and oxygen atoms in total. The highest BCUT2D eigenvalue weighted by Gasteiger charge is 2.22. The standard InChI is InChI=1S/C23H27N3O4/c1-15(27)24-13-16-7-9-26(10-8-16)14-23(28)25-19-12-21-18(11-22(19)29-2)17-5-3-4-6-20(17)30-21/h3-6,11-12,16H,7-10,13-14H2,1-2H3,(H,24,27)(H,25,28). The van der Waals surface area contributed by atoms with Gasteiger partial charge in [-0.25, -0.2) is 0 Å². The van der Waals surface area contributed by atoms with E-state index in [-0.39, 0.29) is 11.8 Å². The summed E-state index contributed by atoms with van der Waals surface area (Å²) in [6, 6.07) is 11.6. The molecule has 2 aromatic carbocycles. The highest BCUT2D eigenvalue weighted by molar-refractivity contribution is 6.07. The number of piperidine rings is 1. The van der Waals surface area contributed by atoms with Crippen molar-refractivity contribution in [2.45, 2.75) is 19.8 Å². The fourth-order valence-corrected chi connectivity index (χ4v) is 4.05. The first-order chi connectivity index (χ1) is 14.5. The molecule has 0 bridgehead atoms. The smallest absolute Gasteiger partial charge is 0.238 e. The second kappa shape index (κ2) is 8.75. The molecule has 2 heterocycles. The molecule has 0 spiro atoms. The molecule has 1 aromatic heterocycles. The number of likely N-dealkylation sites (tertiary alicyclic amines) is 1. The second-order valence-corrected chi connectivity index (χ2v) is 7.85. The van der Waals surface area contributed by atoms with E-state index < -0.39 is 0 Å². The summed E-state index contributed by atoms with van der Waals surface area (Å²) in [6.07, 6.45) is 1.95. The number of anilines is 1. The summed E-state index contributed by atoms with van der Waals surface area (Å²) >= 11 is 0. The normalized spacial score (nSPS) is 15.4. The number of rotatable bonds is 6. The van der Waals surface area contributed by atoms with E-state index in [1.54, 1.807) is 7.11 Å². The lowest BCUT2D eigenvalue weighted by Crippen LogP contribution is -2.41. The van der Waals surface area contributed by atoms with Gasteiger partial charge < -0.3 is 19.8 Å². The number of methoxy groups -OCH3 is 1. The van der Waals surface area contributed by atoms with Gasteiger partial charge in [-0.2, -0.15) is 0 Å². The minimum absolute atomic E-state index is 0.00665. The molecule has 0 radical (unpaired) electrons. The van der Waals surface area contributed by atoms with E-state index in [0.29, 0.717) is 36.0 Å². The van der Waals surface area contributed by atoms with Gasteiger partial charge in [0.2, 0.25) is 11.8 Å². The van der Waals surface area contributed by atoms with Crippen molar-refractivity contribution in [3.05, 3.63) is 36.4 Å². The molecule has 7 heteroatoms. The molecule has 2 amide bonds. The monoisotopic (exact) mass is 409 g/mol. The second-order valence-electron chi connectivity index (χ2n) is 7.85. The van der Waals surface area contributed by atoms with Crippen molar-refractivity contribution in [3.8, 4) is 5.75 Å². The molecule has 1 fully saturated rings. The molecule has 0 saturated carbocycles. The maximum atomic E-state index is 12.7. The number of hydrogen-bond donors (Lipinski definition) is 2. The molecule has 30 heavy (non-hydrogen) atoms. The predicted octanol–water partition coefficient (Wildman–Crippen LogP) is 3.38. The van der Waals surface area contributed by atoms with Gasteiger partial charge in [-0.05, 0) is 44.0 Å². The fraction of sp³-hybridized carbons (Fsp3) is 0.391. The van der Waals surface area contributed by atoms with Crippen molar-refractivity contribution in [1.29, 1.82) is 0 Å². The van der Waals surface area contributed by atoms with Crippen LogP contribution in [0.3, 0.4) is 0 Å². The quantitative estimate of drug-likeness (QED) is 0.652. The van der Waals surface area contributed by atoms with Gasteiger partial charge in [0.05, 0.1) is 19.3 Å². The Morgan fingerprint density at radius 1 is 1.13 bits per heavy atom. The molecule has 1 aliphatic heterocycles. The third-order valence-corrected chi connectivity index (χ3v) is 5.69. The summed E-state index contributed by atoms with van der Waals surface area (Å²) in [5, 5.41) is 7.83. The van der Waals surface area contributed by atoms with E-state index in [9.17, 15) is 9.59 Å². The van der Waals surface area contributed by atoms with Crippen molar-refractivity contribution in [1.82, 2.24) is 10.2 Å². The Bertz CT molecular complexity index is 1070. The molecule has 158 valence electrons. The van der Waals surface area contributed by atoms with Gasteiger partial charge in [0.25, 0.3) is 0 Å². The number of carbonyl (C=O) groups is 2. The summed E-state index contributed by atoms with van der Waals surface area (Å²) in [5.74, 6) is 1.01. The third kappa shape index (κ3) is 4.41. The Kier molecular flexibility index (Phi) is 5.90. The highest BCUT2D eigenvalue weighted by atomic mass is 16.5. The maximum absolute atomic E-state index is 12.7. The summed E-state index contributed by atoms with van der Waals surface area (Å²) in [6.45, 7) is 4.27. The largest absolute Gasteiger partial charge is 0.495 e. The Balaban J connectivity index is 1.41. The molecule has 1 saturated heterocycles. The van der Waals surface area contributed by atoms with Crippen LogP contribution in [0.25, 0.3) is 21.9 Å². The Morgan fingerprint density at radius 2 is 1.90 bits per heavy atom. The van der Waals surface area contributed by atoms with E-state index in [0.717, 1.165) is 42.3 Å². The van der Waals surface area contributed by atoms with E-state index in [1.807, 2.05) is 36.4 Å². The number of ether oxygens (including phenoxy) is 1. The first kappa shape index (κ1) is 20.2. The average Bonchev–Trinajstić information content (AvgIpc) is 3.10. The topological polar surface area (TPSA) is 83.8 Å². The first-order valence-electron chi connectivity index (χ1n) is 10.3. The van der Waals surface area contributed by atoms with E-state index in [2.05, 4.69) is 15.5 Å². The lowest BCUT2D eigenvalue weighted by atomic mass is 9.97. The van der Waals surface area contributed by atoms with Gasteiger partial charge >= 0.3 is 0 Å². The van der Waals surface area contributed by atoms with Crippen molar-refractivity contribution >= 4 is 39.4 Å². The molecular weight excluding hydrogens is 382 g/mol. The zero-order valence-electron chi connectivity index (χ0n) is 17.4. The first-order valence-corrected chi connectivity index (χ1v) is 10.3. The zero-order chi connectivity index (χ0) is 21.1. The Morgan fingerprint density at radius 3 is 2.63 bits per heavy atom. The van der Waals surface area contributed by atoms with Crippen molar-refractivity contribution in [3.63, 3.8) is 0 Å². The van der Waals surface area contributed by atoms with Crippen LogP contribution in [0.1, 0.15) is 19.8 Å². The minimum atomic E-state index is -0.0796. The summed E-state index contributed by atoms with van der Waals surface area (Å²) in [5.41, 5.74) is 2.13. The number of nitrogens with zero attached hydrogens (tertiary/aromatic N) is 1.